The Bertz CT molecular complexity index is 1620. The van der Waals surface area contributed by atoms with Crippen LogP contribution in [0, 0.1) is 0 Å². The highest BCUT2D eigenvalue weighted by Gasteiger charge is 2.35. The molecule has 4 aromatic carbocycles. The van der Waals surface area contributed by atoms with Crippen molar-refractivity contribution in [2.75, 3.05) is 17.4 Å². The topological polar surface area (TPSA) is 86.8 Å². The molecule has 224 valence electrons. The van der Waals surface area contributed by atoms with Gasteiger partial charge in [0.25, 0.3) is 10.0 Å². The summed E-state index contributed by atoms with van der Waals surface area (Å²) < 4.78 is 29.0. The number of sulfonamides is 1. The van der Waals surface area contributed by atoms with Crippen molar-refractivity contribution in [3.8, 4) is 0 Å². The summed E-state index contributed by atoms with van der Waals surface area (Å²) in [5.41, 5.74) is 1.70. The van der Waals surface area contributed by atoms with Crippen LogP contribution in [0.2, 0.25) is 10.0 Å². The third-order valence-corrected chi connectivity index (χ3v) is 9.41. The maximum atomic E-state index is 14.4. The number of carbonyl (C=O) groups is 2. The van der Waals surface area contributed by atoms with Gasteiger partial charge in [-0.1, -0.05) is 115 Å². The molecule has 0 aliphatic rings. The van der Waals surface area contributed by atoms with Gasteiger partial charge in [0.15, 0.2) is 0 Å². The third kappa shape index (κ3) is 8.16. The summed E-state index contributed by atoms with van der Waals surface area (Å²) >= 11 is 12.8. The van der Waals surface area contributed by atoms with Crippen molar-refractivity contribution in [2.45, 2.75) is 37.2 Å². The fraction of sp³-hybridized carbons (Fsp3) is 0.212. The Balaban J connectivity index is 1.80. The molecule has 0 saturated carbocycles. The van der Waals surface area contributed by atoms with Gasteiger partial charge < -0.3 is 10.2 Å². The van der Waals surface area contributed by atoms with Crippen LogP contribution in [0.25, 0.3) is 0 Å². The smallest absolute Gasteiger partial charge is 0.264 e. The van der Waals surface area contributed by atoms with Crippen LogP contribution in [0.15, 0.2) is 114 Å². The summed E-state index contributed by atoms with van der Waals surface area (Å²) in [6, 6.07) is 30.2. The van der Waals surface area contributed by atoms with Gasteiger partial charge in [-0.3, -0.25) is 13.9 Å². The van der Waals surface area contributed by atoms with Crippen molar-refractivity contribution in [1.82, 2.24) is 10.2 Å². The first-order valence-electron chi connectivity index (χ1n) is 13.9. The molecule has 2 amide bonds. The Hall–Kier alpha value is -3.85. The predicted molar refractivity (Wildman–Crippen MR) is 172 cm³/mol. The predicted octanol–water partition coefficient (Wildman–Crippen LogP) is 6.36. The highest BCUT2D eigenvalue weighted by molar-refractivity contribution is 7.92. The number of benzene rings is 4. The lowest BCUT2D eigenvalue weighted by Gasteiger charge is -2.34. The van der Waals surface area contributed by atoms with E-state index >= 15 is 0 Å². The molecule has 1 N–H and O–H groups in total. The molecule has 43 heavy (non-hydrogen) atoms. The van der Waals surface area contributed by atoms with Crippen LogP contribution in [0.1, 0.15) is 24.5 Å². The SMILES string of the molecule is CCCNC(=O)C(Cc1ccccc1)N(Cc1ccccc1)C(=O)CN(c1cccc(Cl)c1Cl)S(=O)(=O)c1ccccc1. The van der Waals surface area contributed by atoms with Crippen molar-refractivity contribution in [1.29, 1.82) is 0 Å². The normalized spacial score (nSPS) is 11.9. The molecule has 0 bridgehead atoms. The molecule has 4 aromatic rings. The number of carbonyl (C=O) groups excluding carboxylic acids is 2. The molecule has 4 rings (SSSR count). The van der Waals surface area contributed by atoms with Crippen LogP contribution in [0.4, 0.5) is 5.69 Å². The first-order valence-corrected chi connectivity index (χ1v) is 16.1. The van der Waals surface area contributed by atoms with Crippen LogP contribution in [-0.2, 0) is 32.6 Å². The van der Waals surface area contributed by atoms with Crippen LogP contribution >= 0.6 is 23.2 Å². The molecular weight excluding hydrogens is 605 g/mol. The van der Waals surface area contributed by atoms with Gasteiger partial charge >= 0.3 is 0 Å². The minimum atomic E-state index is -4.27. The van der Waals surface area contributed by atoms with Gasteiger partial charge in [0.2, 0.25) is 11.8 Å². The van der Waals surface area contributed by atoms with E-state index in [0.717, 1.165) is 15.4 Å². The maximum absolute atomic E-state index is 14.4. The Morgan fingerprint density at radius 3 is 1.98 bits per heavy atom. The highest BCUT2D eigenvalue weighted by atomic mass is 35.5. The Morgan fingerprint density at radius 2 is 1.37 bits per heavy atom. The molecule has 1 unspecified atom stereocenters. The summed E-state index contributed by atoms with van der Waals surface area (Å²) in [6.07, 6.45) is 0.950. The monoisotopic (exact) mass is 637 g/mol. The van der Waals surface area contributed by atoms with Gasteiger partial charge in [-0.25, -0.2) is 8.42 Å². The van der Waals surface area contributed by atoms with Gasteiger partial charge in [0.1, 0.15) is 12.6 Å². The third-order valence-electron chi connectivity index (χ3n) is 6.83. The molecule has 0 saturated heterocycles. The van der Waals surface area contributed by atoms with Crippen LogP contribution in [0.5, 0.6) is 0 Å². The Labute approximate surface area is 263 Å². The molecule has 0 aliphatic carbocycles. The fourth-order valence-electron chi connectivity index (χ4n) is 4.62. The van der Waals surface area contributed by atoms with E-state index in [1.54, 1.807) is 24.3 Å². The lowest BCUT2D eigenvalue weighted by molar-refractivity contribution is -0.140. The van der Waals surface area contributed by atoms with Crippen molar-refractivity contribution >= 4 is 50.7 Å². The molecular formula is C33H33Cl2N3O4S. The molecule has 0 radical (unpaired) electrons. The quantitative estimate of drug-likeness (QED) is 0.185. The lowest BCUT2D eigenvalue weighted by atomic mass is 10.0. The number of nitrogens with one attached hydrogen (secondary N) is 1. The first kappa shape index (κ1) is 32.1. The highest BCUT2D eigenvalue weighted by Crippen LogP contribution is 2.35. The molecule has 0 fully saturated rings. The van der Waals surface area contributed by atoms with E-state index < -0.39 is 28.5 Å². The van der Waals surface area contributed by atoms with Crippen molar-refractivity contribution in [2.24, 2.45) is 0 Å². The van der Waals surface area contributed by atoms with Crippen LogP contribution in [-0.4, -0.2) is 44.3 Å². The second-order valence-electron chi connectivity index (χ2n) is 9.90. The number of halogens is 2. The number of hydrogen-bond donors (Lipinski definition) is 1. The van der Waals surface area contributed by atoms with Gasteiger partial charge in [-0.05, 0) is 41.8 Å². The second kappa shape index (κ2) is 15.0. The van der Waals surface area contributed by atoms with Crippen molar-refractivity contribution in [3.05, 3.63) is 130 Å². The first-order chi connectivity index (χ1) is 20.7. The zero-order chi connectivity index (χ0) is 30.8. The number of hydrogen-bond acceptors (Lipinski definition) is 4. The van der Waals surface area contributed by atoms with E-state index in [1.807, 2.05) is 67.6 Å². The maximum Gasteiger partial charge on any atom is 0.264 e. The molecule has 0 aliphatic heterocycles. The van der Waals surface area contributed by atoms with Crippen LogP contribution in [0.3, 0.4) is 0 Å². The average Bonchev–Trinajstić information content (AvgIpc) is 3.03. The number of amides is 2. The summed E-state index contributed by atoms with van der Waals surface area (Å²) in [5.74, 6) is -0.903. The van der Waals surface area contributed by atoms with Gasteiger partial charge in [-0.2, -0.15) is 0 Å². The van der Waals surface area contributed by atoms with Crippen molar-refractivity contribution < 1.29 is 18.0 Å². The van der Waals surface area contributed by atoms with E-state index in [2.05, 4.69) is 5.32 Å². The van der Waals surface area contributed by atoms with Gasteiger partial charge in [0, 0.05) is 19.5 Å². The zero-order valence-corrected chi connectivity index (χ0v) is 26.0. The number of nitrogens with zero attached hydrogens (tertiary/aromatic N) is 2. The van der Waals surface area contributed by atoms with Gasteiger partial charge in [-0.15, -0.1) is 0 Å². The van der Waals surface area contributed by atoms with Crippen LogP contribution < -0.4 is 9.62 Å². The Kier molecular flexibility index (Phi) is 11.2. The molecule has 0 spiro atoms. The lowest BCUT2D eigenvalue weighted by Crippen LogP contribution is -2.53. The second-order valence-corrected chi connectivity index (χ2v) is 12.5. The molecule has 0 aromatic heterocycles. The summed E-state index contributed by atoms with van der Waals surface area (Å²) in [5, 5.41) is 3.06. The molecule has 7 nitrogen and oxygen atoms in total. The molecule has 1 atom stereocenters. The summed E-state index contributed by atoms with van der Waals surface area (Å²) in [6.45, 7) is 1.85. The zero-order valence-electron chi connectivity index (χ0n) is 23.7. The summed E-state index contributed by atoms with van der Waals surface area (Å²) in [7, 11) is -4.27. The number of anilines is 1. The van der Waals surface area contributed by atoms with E-state index in [0.29, 0.717) is 13.0 Å². The summed E-state index contributed by atoms with van der Waals surface area (Å²) in [4.78, 5) is 29.4. The standard InChI is InChI=1S/C33H33Cl2N3O4S/c1-2-21-36-33(40)30(22-25-13-6-3-7-14-25)37(23-26-15-8-4-9-16-26)31(39)24-38(29-20-12-19-28(34)32(29)35)43(41,42)27-17-10-5-11-18-27/h3-20,30H,2,21-24H2,1H3,(H,36,40). The van der Waals surface area contributed by atoms with Gasteiger partial charge in [0.05, 0.1) is 20.6 Å². The average molecular weight is 639 g/mol. The van der Waals surface area contributed by atoms with E-state index in [-0.39, 0.29) is 39.5 Å². The largest absolute Gasteiger partial charge is 0.354 e. The molecule has 0 heterocycles. The number of rotatable bonds is 13. The minimum Gasteiger partial charge on any atom is -0.354 e. The van der Waals surface area contributed by atoms with E-state index in [1.165, 1.54) is 29.2 Å². The Morgan fingerprint density at radius 1 is 0.791 bits per heavy atom. The van der Waals surface area contributed by atoms with Crippen molar-refractivity contribution in [3.63, 3.8) is 0 Å². The molecule has 10 heteroatoms. The fourth-order valence-corrected chi connectivity index (χ4v) is 6.51. The van der Waals surface area contributed by atoms with E-state index in [4.69, 9.17) is 23.2 Å². The van der Waals surface area contributed by atoms with E-state index in [9.17, 15) is 18.0 Å². The minimum absolute atomic E-state index is 0.00685.